The van der Waals surface area contributed by atoms with Crippen molar-refractivity contribution in [2.45, 2.75) is 26.3 Å². The average molecular weight is 285 g/mol. The molecule has 1 aliphatic heterocycles. The SMILES string of the molecule is CC(C)n1ccc(CC(=O)c2cccc3c2OCCN3)n1. The summed E-state index contributed by atoms with van der Waals surface area (Å²) in [6.45, 7) is 5.47. The third-order valence-corrected chi connectivity index (χ3v) is 3.51. The molecule has 0 radical (unpaired) electrons. The number of para-hydroxylation sites is 1. The number of ether oxygens (including phenoxy) is 1. The summed E-state index contributed by atoms with van der Waals surface area (Å²) in [5.41, 5.74) is 2.30. The van der Waals surface area contributed by atoms with Crippen LogP contribution in [0.4, 0.5) is 5.69 Å². The van der Waals surface area contributed by atoms with Gasteiger partial charge in [0, 0.05) is 18.8 Å². The number of benzene rings is 1. The first-order valence-corrected chi connectivity index (χ1v) is 7.22. The van der Waals surface area contributed by atoms with Crippen LogP contribution in [-0.4, -0.2) is 28.7 Å². The molecule has 0 saturated carbocycles. The number of carbonyl (C=O) groups is 1. The largest absolute Gasteiger partial charge is 0.489 e. The molecule has 2 aromatic rings. The van der Waals surface area contributed by atoms with Crippen LogP contribution in [0.1, 0.15) is 35.9 Å². The molecule has 110 valence electrons. The van der Waals surface area contributed by atoms with Gasteiger partial charge in [-0.25, -0.2) is 0 Å². The summed E-state index contributed by atoms with van der Waals surface area (Å²) in [5.74, 6) is 0.696. The number of hydrogen-bond acceptors (Lipinski definition) is 4. The van der Waals surface area contributed by atoms with Gasteiger partial charge in [-0.15, -0.1) is 0 Å². The molecule has 1 aliphatic rings. The maximum Gasteiger partial charge on any atom is 0.172 e. The van der Waals surface area contributed by atoms with Gasteiger partial charge in [0.25, 0.3) is 0 Å². The molecule has 1 aromatic carbocycles. The highest BCUT2D eigenvalue weighted by Gasteiger charge is 2.19. The van der Waals surface area contributed by atoms with E-state index < -0.39 is 0 Å². The molecule has 0 bridgehead atoms. The van der Waals surface area contributed by atoms with Crippen molar-refractivity contribution < 1.29 is 9.53 Å². The number of nitrogens with one attached hydrogen (secondary N) is 1. The summed E-state index contributed by atoms with van der Waals surface area (Å²) >= 11 is 0. The van der Waals surface area contributed by atoms with E-state index in [0.29, 0.717) is 30.4 Å². The number of Topliss-reactive ketones (excluding diaryl/α,β-unsaturated/α-hetero) is 1. The molecule has 0 unspecified atom stereocenters. The van der Waals surface area contributed by atoms with Gasteiger partial charge in [-0.1, -0.05) is 6.07 Å². The molecule has 5 heteroatoms. The molecule has 3 rings (SSSR count). The van der Waals surface area contributed by atoms with Crippen LogP contribution in [0.25, 0.3) is 0 Å². The third-order valence-electron chi connectivity index (χ3n) is 3.51. The Morgan fingerprint density at radius 1 is 1.43 bits per heavy atom. The molecular weight excluding hydrogens is 266 g/mol. The van der Waals surface area contributed by atoms with Crippen molar-refractivity contribution in [2.75, 3.05) is 18.5 Å². The maximum absolute atomic E-state index is 12.5. The molecule has 0 fully saturated rings. The first-order valence-electron chi connectivity index (χ1n) is 7.22. The average Bonchev–Trinajstić information content (AvgIpc) is 2.95. The minimum absolute atomic E-state index is 0.0320. The molecule has 0 spiro atoms. The lowest BCUT2D eigenvalue weighted by atomic mass is 10.0. The topological polar surface area (TPSA) is 56.1 Å². The van der Waals surface area contributed by atoms with Gasteiger partial charge >= 0.3 is 0 Å². The first kappa shape index (κ1) is 13.7. The summed E-state index contributed by atoms with van der Waals surface area (Å²) in [6.07, 6.45) is 2.20. The summed E-state index contributed by atoms with van der Waals surface area (Å²) in [6, 6.07) is 7.81. The lowest BCUT2D eigenvalue weighted by Crippen LogP contribution is -2.20. The van der Waals surface area contributed by atoms with E-state index in [1.54, 1.807) is 0 Å². The molecule has 21 heavy (non-hydrogen) atoms. The van der Waals surface area contributed by atoms with Crippen molar-refractivity contribution in [3.63, 3.8) is 0 Å². The number of hydrogen-bond donors (Lipinski definition) is 1. The van der Waals surface area contributed by atoms with E-state index in [0.717, 1.165) is 17.9 Å². The zero-order chi connectivity index (χ0) is 14.8. The predicted octanol–water partition coefficient (Wildman–Crippen LogP) is 2.69. The lowest BCUT2D eigenvalue weighted by Gasteiger charge is -2.21. The molecule has 5 nitrogen and oxygen atoms in total. The van der Waals surface area contributed by atoms with Crippen molar-refractivity contribution in [2.24, 2.45) is 0 Å². The van der Waals surface area contributed by atoms with Crippen LogP contribution in [0.2, 0.25) is 0 Å². The Balaban J connectivity index is 1.82. The molecule has 0 atom stereocenters. The van der Waals surface area contributed by atoms with Gasteiger partial charge in [-0.05, 0) is 32.0 Å². The monoisotopic (exact) mass is 285 g/mol. The van der Waals surface area contributed by atoms with E-state index in [4.69, 9.17) is 4.74 Å². The fourth-order valence-corrected chi connectivity index (χ4v) is 2.41. The van der Waals surface area contributed by atoms with Gasteiger partial charge in [0.15, 0.2) is 11.5 Å². The molecule has 0 amide bonds. The van der Waals surface area contributed by atoms with Crippen molar-refractivity contribution in [3.8, 4) is 5.75 Å². The normalized spacial score (nSPS) is 13.5. The second-order valence-corrected chi connectivity index (χ2v) is 5.44. The number of fused-ring (bicyclic) bond motifs is 1. The predicted molar refractivity (Wildman–Crippen MR) is 81.1 cm³/mol. The fraction of sp³-hybridized carbons (Fsp3) is 0.375. The van der Waals surface area contributed by atoms with Crippen molar-refractivity contribution in [1.82, 2.24) is 9.78 Å². The lowest BCUT2D eigenvalue weighted by molar-refractivity contribution is 0.0987. The minimum atomic E-state index is 0.0320. The summed E-state index contributed by atoms with van der Waals surface area (Å²) in [7, 11) is 0. The van der Waals surface area contributed by atoms with Crippen LogP contribution < -0.4 is 10.1 Å². The Hall–Kier alpha value is -2.30. The Kier molecular flexibility index (Phi) is 3.64. The highest BCUT2D eigenvalue weighted by molar-refractivity contribution is 6.01. The van der Waals surface area contributed by atoms with E-state index in [1.807, 2.05) is 35.1 Å². The van der Waals surface area contributed by atoms with E-state index in [1.165, 1.54) is 0 Å². The van der Waals surface area contributed by atoms with Crippen LogP contribution in [0.3, 0.4) is 0 Å². The number of ketones is 1. The Bertz CT molecular complexity index is 661. The molecule has 1 aromatic heterocycles. The molecule has 0 aliphatic carbocycles. The number of anilines is 1. The van der Waals surface area contributed by atoms with E-state index >= 15 is 0 Å². The minimum Gasteiger partial charge on any atom is -0.489 e. The Morgan fingerprint density at radius 3 is 3.05 bits per heavy atom. The Morgan fingerprint density at radius 2 is 2.29 bits per heavy atom. The van der Waals surface area contributed by atoms with Gasteiger partial charge in [0.1, 0.15) is 6.61 Å². The van der Waals surface area contributed by atoms with Crippen molar-refractivity contribution in [3.05, 3.63) is 41.7 Å². The smallest absolute Gasteiger partial charge is 0.172 e. The number of rotatable bonds is 4. The number of nitrogens with zero attached hydrogens (tertiary/aromatic N) is 2. The van der Waals surface area contributed by atoms with Crippen LogP contribution in [0.5, 0.6) is 5.75 Å². The zero-order valence-corrected chi connectivity index (χ0v) is 12.3. The van der Waals surface area contributed by atoms with Crippen LogP contribution >= 0.6 is 0 Å². The van der Waals surface area contributed by atoms with Gasteiger partial charge < -0.3 is 10.1 Å². The van der Waals surface area contributed by atoms with Gasteiger partial charge in [0.2, 0.25) is 0 Å². The molecule has 2 heterocycles. The van der Waals surface area contributed by atoms with E-state index in [-0.39, 0.29) is 5.78 Å². The van der Waals surface area contributed by atoms with Crippen molar-refractivity contribution in [1.29, 1.82) is 0 Å². The number of carbonyl (C=O) groups excluding carboxylic acids is 1. The van der Waals surface area contributed by atoms with Crippen LogP contribution in [0, 0.1) is 0 Å². The second kappa shape index (κ2) is 5.60. The van der Waals surface area contributed by atoms with Gasteiger partial charge in [-0.2, -0.15) is 5.10 Å². The molecular formula is C16H19N3O2. The highest BCUT2D eigenvalue weighted by Crippen LogP contribution is 2.31. The third kappa shape index (κ3) is 2.77. The van der Waals surface area contributed by atoms with Gasteiger partial charge in [-0.3, -0.25) is 9.48 Å². The molecule has 0 saturated heterocycles. The summed E-state index contributed by atoms with van der Waals surface area (Å²) in [4.78, 5) is 12.5. The Labute approximate surface area is 123 Å². The van der Waals surface area contributed by atoms with Crippen LogP contribution in [0.15, 0.2) is 30.5 Å². The summed E-state index contributed by atoms with van der Waals surface area (Å²) < 4.78 is 7.51. The summed E-state index contributed by atoms with van der Waals surface area (Å²) in [5, 5.41) is 7.67. The van der Waals surface area contributed by atoms with Crippen LogP contribution in [-0.2, 0) is 6.42 Å². The quantitative estimate of drug-likeness (QED) is 0.878. The van der Waals surface area contributed by atoms with Crippen molar-refractivity contribution >= 4 is 11.5 Å². The van der Waals surface area contributed by atoms with Gasteiger partial charge in [0.05, 0.1) is 23.4 Å². The second-order valence-electron chi connectivity index (χ2n) is 5.44. The fourth-order valence-electron chi connectivity index (χ4n) is 2.41. The first-order chi connectivity index (χ1) is 10.1. The zero-order valence-electron chi connectivity index (χ0n) is 12.3. The maximum atomic E-state index is 12.5. The number of aromatic nitrogens is 2. The molecule has 1 N–H and O–H groups in total. The van der Waals surface area contributed by atoms with E-state index in [2.05, 4.69) is 24.3 Å². The van der Waals surface area contributed by atoms with E-state index in [9.17, 15) is 4.79 Å². The standard InChI is InChI=1S/C16H19N3O2/c1-11(2)19-8-6-12(18-19)10-15(20)13-4-3-5-14-16(13)21-9-7-17-14/h3-6,8,11,17H,7,9-10H2,1-2H3. The highest BCUT2D eigenvalue weighted by atomic mass is 16.5.